The van der Waals surface area contributed by atoms with Gasteiger partial charge < -0.3 is 5.11 Å². The Hall–Kier alpha value is -1.47. The van der Waals surface area contributed by atoms with Crippen LogP contribution in [0.1, 0.15) is 6.42 Å². The van der Waals surface area contributed by atoms with Crippen molar-refractivity contribution in [2.45, 2.75) is 12.5 Å². The minimum atomic E-state index is -0.220. The molecule has 0 aliphatic carbocycles. The van der Waals surface area contributed by atoms with E-state index in [9.17, 15) is 5.11 Å². The average Bonchev–Trinajstić information content (AvgIpc) is 2.53. The monoisotopic (exact) mass is 195 g/mol. The molecule has 0 aromatic rings. The van der Waals surface area contributed by atoms with E-state index in [-0.39, 0.29) is 11.8 Å². The number of hydrogen-bond acceptors (Lipinski definition) is 4. The van der Waals surface area contributed by atoms with Crippen molar-refractivity contribution in [3.05, 3.63) is 22.6 Å². The Balaban J connectivity index is 2.47. The van der Waals surface area contributed by atoms with Crippen molar-refractivity contribution in [2.24, 2.45) is 5.10 Å². The molecule has 2 aliphatic heterocycles. The first kappa shape index (κ1) is 8.14. The predicted molar refractivity (Wildman–Crippen MR) is 47.9 cm³/mol. The van der Waals surface area contributed by atoms with Crippen molar-refractivity contribution in [2.75, 3.05) is 0 Å². The van der Waals surface area contributed by atoms with E-state index in [0.29, 0.717) is 17.2 Å². The largest absolute Gasteiger partial charge is 0.507 e. The van der Waals surface area contributed by atoms with Gasteiger partial charge in [0.05, 0.1) is 11.6 Å². The molecule has 0 spiro atoms. The average molecular weight is 196 g/mol. The normalized spacial score (nSPS) is 25.7. The number of nitriles is 1. The standard InChI is InChI=1S/C8H6ClN3O/c9-8-3-7(13)5(4-10)6-1-2-11-12(6)8/h2-3,6,13H,1H2. The number of aliphatic hydroxyl groups excluding tert-OH is 1. The van der Waals surface area contributed by atoms with Crippen molar-refractivity contribution >= 4 is 17.8 Å². The summed E-state index contributed by atoms with van der Waals surface area (Å²) in [5, 5.41) is 24.0. The maximum atomic E-state index is 9.40. The Morgan fingerprint density at radius 1 is 1.77 bits per heavy atom. The van der Waals surface area contributed by atoms with Gasteiger partial charge in [0.1, 0.15) is 17.0 Å². The van der Waals surface area contributed by atoms with Gasteiger partial charge in [-0.2, -0.15) is 10.4 Å². The van der Waals surface area contributed by atoms with Gasteiger partial charge in [-0.15, -0.1) is 0 Å². The fraction of sp³-hybridized carbons (Fsp3) is 0.250. The molecule has 0 saturated carbocycles. The van der Waals surface area contributed by atoms with Crippen LogP contribution in [0.5, 0.6) is 0 Å². The summed E-state index contributed by atoms with van der Waals surface area (Å²) in [6.07, 6.45) is 3.62. The summed E-state index contributed by atoms with van der Waals surface area (Å²) in [5.74, 6) is -0.0562. The number of halogens is 1. The van der Waals surface area contributed by atoms with Crippen LogP contribution in [0.4, 0.5) is 0 Å². The van der Waals surface area contributed by atoms with Crippen LogP contribution >= 0.6 is 11.6 Å². The second-order valence-corrected chi connectivity index (χ2v) is 3.16. The zero-order chi connectivity index (χ0) is 9.42. The van der Waals surface area contributed by atoms with Gasteiger partial charge in [-0.1, -0.05) is 11.6 Å². The second-order valence-electron chi connectivity index (χ2n) is 2.77. The SMILES string of the molecule is N#CC1=C(O)C=C(Cl)N2N=CCC12. The number of hydrazone groups is 1. The molecule has 0 aromatic carbocycles. The summed E-state index contributed by atoms with van der Waals surface area (Å²) in [4.78, 5) is 0. The van der Waals surface area contributed by atoms with Crippen molar-refractivity contribution < 1.29 is 5.11 Å². The smallest absolute Gasteiger partial charge is 0.134 e. The summed E-state index contributed by atoms with van der Waals surface area (Å²) in [5.41, 5.74) is 0.321. The van der Waals surface area contributed by atoms with E-state index in [1.54, 1.807) is 6.21 Å². The molecule has 5 heteroatoms. The third-order valence-electron chi connectivity index (χ3n) is 2.03. The molecule has 4 nitrogen and oxygen atoms in total. The van der Waals surface area contributed by atoms with E-state index < -0.39 is 0 Å². The third kappa shape index (κ3) is 1.09. The van der Waals surface area contributed by atoms with E-state index in [0.717, 1.165) is 0 Å². The summed E-state index contributed by atoms with van der Waals surface area (Å²) >= 11 is 5.80. The van der Waals surface area contributed by atoms with E-state index in [4.69, 9.17) is 16.9 Å². The highest BCUT2D eigenvalue weighted by Gasteiger charge is 2.32. The molecule has 0 radical (unpaired) electrons. The summed E-state index contributed by atoms with van der Waals surface area (Å²) < 4.78 is 0. The lowest BCUT2D eigenvalue weighted by molar-refractivity contribution is 0.318. The molecular weight excluding hydrogens is 190 g/mol. The highest BCUT2D eigenvalue weighted by atomic mass is 35.5. The number of nitrogens with zero attached hydrogens (tertiary/aromatic N) is 3. The van der Waals surface area contributed by atoms with Gasteiger partial charge in [-0.3, -0.25) is 0 Å². The lowest BCUT2D eigenvalue weighted by atomic mass is 10.0. The summed E-state index contributed by atoms with van der Waals surface area (Å²) in [6.45, 7) is 0. The van der Waals surface area contributed by atoms with Crippen LogP contribution in [0.25, 0.3) is 0 Å². The van der Waals surface area contributed by atoms with E-state index >= 15 is 0 Å². The minimum absolute atomic E-state index is 0.0562. The minimum Gasteiger partial charge on any atom is -0.507 e. The molecule has 0 saturated heterocycles. The number of hydrogen-bond donors (Lipinski definition) is 1. The molecule has 1 N–H and O–H groups in total. The fourth-order valence-corrected chi connectivity index (χ4v) is 1.68. The summed E-state index contributed by atoms with van der Waals surface area (Å²) in [6, 6.07) is 1.73. The predicted octanol–water partition coefficient (Wildman–Crippen LogP) is 1.48. The molecule has 2 rings (SSSR count). The van der Waals surface area contributed by atoms with Crippen LogP contribution < -0.4 is 0 Å². The number of fused-ring (bicyclic) bond motifs is 1. The highest BCUT2D eigenvalue weighted by molar-refractivity contribution is 6.29. The zero-order valence-electron chi connectivity index (χ0n) is 6.61. The molecule has 2 heterocycles. The van der Waals surface area contributed by atoms with Gasteiger partial charge in [-0.05, 0) is 0 Å². The van der Waals surface area contributed by atoms with E-state index in [1.165, 1.54) is 11.1 Å². The maximum absolute atomic E-state index is 9.40. The topological polar surface area (TPSA) is 59.6 Å². The third-order valence-corrected chi connectivity index (χ3v) is 2.32. The van der Waals surface area contributed by atoms with Gasteiger partial charge in [0.15, 0.2) is 0 Å². The van der Waals surface area contributed by atoms with E-state index in [2.05, 4.69) is 5.10 Å². The number of aliphatic hydroxyl groups is 1. The molecule has 2 aliphatic rings. The Labute approximate surface area is 80.0 Å². The lowest BCUT2D eigenvalue weighted by Crippen LogP contribution is -2.29. The van der Waals surface area contributed by atoms with Crippen LogP contribution in [0.2, 0.25) is 0 Å². The van der Waals surface area contributed by atoms with Crippen LogP contribution in [-0.4, -0.2) is 22.4 Å². The van der Waals surface area contributed by atoms with Crippen LogP contribution in [-0.2, 0) is 0 Å². The van der Waals surface area contributed by atoms with Crippen molar-refractivity contribution in [3.63, 3.8) is 0 Å². The molecule has 66 valence electrons. The van der Waals surface area contributed by atoms with Crippen LogP contribution in [0, 0.1) is 11.3 Å². The maximum Gasteiger partial charge on any atom is 0.134 e. The van der Waals surface area contributed by atoms with Crippen molar-refractivity contribution in [1.29, 1.82) is 5.26 Å². The van der Waals surface area contributed by atoms with Gasteiger partial charge in [-0.25, -0.2) is 5.01 Å². The Kier molecular flexibility index (Phi) is 1.74. The van der Waals surface area contributed by atoms with Crippen LogP contribution in [0.15, 0.2) is 27.7 Å². The molecule has 0 aromatic heterocycles. The zero-order valence-corrected chi connectivity index (χ0v) is 7.36. The molecule has 0 fully saturated rings. The first-order valence-electron chi connectivity index (χ1n) is 3.76. The quantitative estimate of drug-likeness (QED) is 0.596. The lowest BCUT2D eigenvalue weighted by Gasteiger charge is -2.25. The fourth-order valence-electron chi connectivity index (χ4n) is 1.42. The highest BCUT2D eigenvalue weighted by Crippen LogP contribution is 2.31. The van der Waals surface area contributed by atoms with Gasteiger partial charge in [0, 0.05) is 18.7 Å². The Morgan fingerprint density at radius 2 is 2.54 bits per heavy atom. The first-order valence-corrected chi connectivity index (χ1v) is 4.14. The van der Waals surface area contributed by atoms with Crippen LogP contribution in [0.3, 0.4) is 0 Å². The number of rotatable bonds is 0. The van der Waals surface area contributed by atoms with Crippen molar-refractivity contribution in [3.8, 4) is 6.07 Å². The second kappa shape index (κ2) is 2.79. The van der Waals surface area contributed by atoms with Gasteiger partial charge >= 0.3 is 0 Å². The first-order chi connectivity index (χ1) is 6.24. The molecule has 1 atom stereocenters. The molecule has 0 bridgehead atoms. The van der Waals surface area contributed by atoms with Crippen molar-refractivity contribution in [1.82, 2.24) is 5.01 Å². The van der Waals surface area contributed by atoms with E-state index in [1.807, 2.05) is 6.07 Å². The number of allylic oxidation sites excluding steroid dienone is 1. The Bertz CT molecular complexity index is 377. The van der Waals surface area contributed by atoms with Gasteiger partial charge in [0.2, 0.25) is 0 Å². The van der Waals surface area contributed by atoms with Gasteiger partial charge in [0.25, 0.3) is 0 Å². The Morgan fingerprint density at radius 3 is 3.23 bits per heavy atom. The molecule has 0 amide bonds. The molecular formula is C8H6ClN3O. The summed E-state index contributed by atoms with van der Waals surface area (Å²) in [7, 11) is 0. The molecule has 13 heavy (non-hydrogen) atoms. The molecule has 1 unspecified atom stereocenters.